The Labute approximate surface area is 180 Å². The van der Waals surface area contributed by atoms with Crippen LogP contribution < -0.4 is 5.32 Å². The van der Waals surface area contributed by atoms with Crippen molar-refractivity contribution in [2.24, 2.45) is 0 Å². The normalized spacial score (nSPS) is 14.9. The predicted octanol–water partition coefficient (Wildman–Crippen LogP) is 4.86. The van der Waals surface area contributed by atoms with Crippen molar-refractivity contribution < 1.29 is 18.4 Å². The van der Waals surface area contributed by atoms with Crippen LogP contribution in [0.3, 0.4) is 0 Å². The SMILES string of the molecule is O=C(NC1CCCC1)[C@H](c1ccccc1)N(Cc1ccccc1F)C(=O)c1ccco1. The Hall–Kier alpha value is -3.41. The van der Waals surface area contributed by atoms with E-state index in [4.69, 9.17) is 4.42 Å². The summed E-state index contributed by atoms with van der Waals surface area (Å²) in [5.74, 6) is -1.06. The summed E-state index contributed by atoms with van der Waals surface area (Å²) in [7, 11) is 0. The molecule has 1 N–H and O–H groups in total. The van der Waals surface area contributed by atoms with Gasteiger partial charge in [-0.15, -0.1) is 0 Å². The maximum atomic E-state index is 14.5. The molecule has 1 atom stereocenters. The van der Waals surface area contributed by atoms with Gasteiger partial charge >= 0.3 is 0 Å². The minimum Gasteiger partial charge on any atom is -0.459 e. The topological polar surface area (TPSA) is 62.6 Å². The van der Waals surface area contributed by atoms with Gasteiger partial charge in [0.25, 0.3) is 5.91 Å². The third kappa shape index (κ3) is 4.85. The Morgan fingerprint density at radius 1 is 1.00 bits per heavy atom. The molecule has 3 aromatic rings. The van der Waals surface area contributed by atoms with E-state index >= 15 is 0 Å². The fourth-order valence-corrected chi connectivity index (χ4v) is 4.09. The number of furan rings is 1. The number of nitrogens with one attached hydrogen (secondary N) is 1. The number of nitrogens with zero attached hydrogens (tertiary/aromatic N) is 1. The van der Waals surface area contributed by atoms with Crippen LogP contribution in [0.2, 0.25) is 0 Å². The number of carbonyl (C=O) groups excluding carboxylic acids is 2. The van der Waals surface area contributed by atoms with E-state index in [0.29, 0.717) is 11.1 Å². The largest absolute Gasteiger partial charge is 0.459 e. The number of carbonyl (C=O) groups is 2. The van der Waals surface area contributed by atoms with Crippen molar-refractivity contribution in [1.82, 2.24) is 10.2 Å². The highest BCUT2D eigenvalue weighted by Crippen LogP contribution is 2.28. The number of halogens is 1. The lowest BCUT2D eigenvalue weighted by Crippen LogP contribution is -2.45. The molecule has 0 radical (unpaired) electrons. The molecule has 1 aliphatic rings. The molecule has 0 spiro atoms. The quantitative estimate of drug-likeness (QED) is 0.594. The van der Waals surface area contributed by atoms with Crippen molar-refractivity contribution in [3.8, 4) is 0 Å². The van der Waals surface area contributed by atoms with Gasteiger partial charge in [-0.1, -0.05) is 61.4 Å². The second kappa shape index (κ2) is 9.60. The molecule has 0 saturated heterocycles. The van der Waals surface area contributed by atoms with E-state index in [1.54, 1.807) is 30.3 Å². The Morgan fingerprint density at radius 2 is 1.71 bits per heavy atom. The highest BCUT2D eigenvalue weighted by atomic mass is 19.1. The molecular formula is C25H25FN2O3. The van der Waals surface area contributed by atoms with Crippen LogP contribution in [0.4, 0.5) is 4.39 Å². The molecule has 6 heteroatoms. The fourth-order valence-electron chi connectivity index (χ4n) is 4.09. The molecule has 1 aromatic heterocycles. The third-order valence-electron chi connectivity index (χ3n) is 5.67. The summed E-state index contributed by atoms with van der Waals surface area (Å²) in [6.07, 6.45) is 5.40. The van der Waals surface area contributed by atoms with Crippen molar-refractivity contribution in [3.63, 3.8) is 0 Å². The average molecular weight is 420 g/mol. The summed E-state index contributed by atoms with van der Waals surface area (Å²) in [5.41, 5.74) is 0.992. The smallest absolute Gasteiger partial charge is 0.290 e. The van der Waals surface area contributed by atoms with Gasteiger partial charge in [-0.05, 0) is 36.6 Å². The minimum atomic E-state index is -0.918. The molecule has 31 heavy (non-hydrogen) atoms. The van der Waals surface area contributed by atoms with Gasteiger partial charge in [-0.2, -0.15) is 0 Å². The highest BCUT2D eigenvalue weighted by Gasteiger charge is 2.35. The zero-order chi connectivity index (χ0) is 21.6. The summed E-state index contributed by atoms with van der Waals surface area (Å²) >= 11 is 0. The Bertz CT molecular complexity index is 1010. The molecule has 1 aliphatic carbocycles. The number of hydrogen-bond acceptors (Lipinski definition) is 3. The van der Waals surface area contributed by atoms with Crippen molar-refractivity contribution in [3.05, 3.63) is 95.7 Å². The molecule has 1 fully saturated rings. The van der Waals surface area contributed by atoms with Gasteiger partial charge in [-0.25, -0.2) is 4.39 Å². The molecular weight excluding hydrogens is 395 g/mol. The van der Waals surface area contributed by atoms with Gasteiger partial charge < -0.3 is 14.6 Å². The van der Waals surface area contributed by atoms with Crippen molar-refractivity contribution in [1.29, 1.82) is 0 Å². The second-order valence-electron chi connectivity index (χ2n) is 7.80. The van der Waals surface area contributed by atoms with E-state index < -0.39 is 17.8 Å². The van der Waals surface area contributed by atoms with Gasteiger partial charge in [0.15, 0.2) is 5.76 Å². The standard InChI is InChI=1S/C25H25FN2O3/c26-21-14-7-4-11-19(21)17-28(25(30)22-15-8-16-31-22)23(18-9-2-1-3-10-18)24(29)27-20-12-5-6-13-20/h1-4,7-11,14-16,20,23H,5-6,12-13,17H2,(H,27,29)/t23-/m0/s1. The molecule has 2 amide bonds. The predicted molar refractivity (Wildman–Crippen MR) is 115 cm³/mol. The summed E-state index contributed by atoms with van der Waals surface area (Å²) < 4.78 is 19.8. The molecule has 1 saturated carbocycles. The lowest BCUT2D eigenvalue weighted by atomic mass is 10.0. The monoisotopic (exact) mass is 420 g/mol. The van der Waals surface area contributed by atoms with Crippen LogP contribution in [0.25, 0.3) is 0 Å². The first-order chi connectivity index (χ1) is 15.1. The maximum absolute atomic E-state index is 14.5. The molecule has 0 unspecified atom stereocenters. The van der Waals surface area contributed by atoms with Crippen molar-refractivity contribution in [2.75, 3.05) is 0 Å². The molecule has 5 nitrogen and oxygen atoms in total. The number of hydrogen-bond donors (Lipinski definition) is 1. The summed E-state index contributed by atoms with van der Waals surface area (Å²) in [5, 5.41) is 3.10. The maximum Gasteiger partial charge on any atom is 0.290 e. The van der Waals surface area contributed by atoms with Crippen LogP contribution in [0, 0.1) is 5.82 Å². The van der Waals surface area contributed by atoms with Crippen LogP contribution in [-0.4, -0.2) is 22.8 Å². The van der Waals surface area contributed by atoms with Crippen LogP contribution in [-0.2, 0) is 11.3 Å². The number of rotatable bonds is 7. The number of benzene rings is 2. The van der Waals surface area contributed by atoms with E-state index in [9.17, 15) is 14.0 Å². The van der Waals surface area contributed by atoms with Gasteiger partial charge in [0.1, 0.15) is 11.9 Å². The molecule has 0 aliphatic heterocycles. The van der Waals surface area contributed by atoms with Gasteiger partial charge in [0.05, 0.1) is 12.8 Å². The fraction of sp³-hybridized carbons (Fsp3) is 0.280. The minimum absolute atomic E-state index is 0.0656. The first kappa shape index (κ1) is 20.8. The van der Waals surface area contributed by atoms with Crippen molar-refractivity contribution >= 4 is 11.8 Å². The lowest BCUT2D eigenvalue weighted by Gasteiger charge is -2.32. The zero-order valence-electron chi connectivity index (χ0n) is 17.2. The first-order valence-corrected chi connectivity index (χ1v) is 10.6. The van der Waals surface area contributed by atoms with Gasteiger partial charge in [0, 0.05) is 11.6 Å². The van der Waals surface area contributed by atoms with E-state index in [1.165, 1.54) is 17.2 Å². The second-order valence-corrected chi connectivity index (χ2v) is 7.80. The van der Waals surface area contributed by atoms with E-state index in [0.717, 1.165) is 25.7 Å². The summed E-state index contributed by atoms with van der Waals surface area (Å²) in [6, 6.07) is 17.7. The van der Waals surface area contributed by atoms with Crippen LogP contribution in [0.15, 0.2) is 77.4 Å². The van der Waals surface area contributed by atoms with E-state index in [2.05, 4.69) is 5.32 Å². The summed E-state index contributed by atoms with van der Waals surface area (Å²) in [4.78, 5) is 28.3. The van der Waals surface area contributed by atoms with E-state index in [-0.39, 0.29) is 24.3 Å². The van der Waals surface area contributed by atoms with Gasteiger partial charge in [-0.3, -0.25) is 9.59 Å². The Kier molecular flexibility index (Phi) is 6.46. The van der Waals surface area contributed by atoms with E-state index in [1.807, 2.05) is 30.3 Å². The van der Waals surface area contributed by atoms with Crippen LogP contribution in [0.5, 0.6) is 0 Å². The zero-order valence-corrected chi connectivity index (χ0v) is 17.2. The average Bonchev–Trinajstić information content (AvgIpc) is 3.49. The molecule has 2 aromatic carbocycles. The van der Waals surface area contributed by atoms with Gasteiger partial charge in [0.2, 0.25) is 5.91 Å². The Balaban J connectivity index is 1.73. The molecule has 0 bridgehead atoms. The lowest BCUT2D eigenvalue weighted by molar-refractivity contribution is -0.126. The van der Waals surface area contributed by atoms with Crippen LogP contribution in [0.1, 0.15) is 53.4 Å². The first-order valence-electron chi connectivity index (χ1n) is 10.6. The number of amides is 2. The highest BCUT2D eigenvalue weighted by molar-refractivity contribution is 5.96. The summed E-state index contributed by atoms with van der Waals surface area (Å²) in [6.45, 7) is -0.0656. The molecule has 4 rings (SSSR count). The van der Waals surface area contributed by atoms with Crippen molar-refractivity contribution in [2.45, 2.75) is 44.3 Å². The molecule has 1 heterocycles. The Morgan fingerprint density at radius 3 is 2.39 bits per heavy atom. The third-order valence-corrected chi connectivity index (χ3v) is 5.67. The molecule has 160 valence electrons. The van der Waals surface area contributed by atoms with Crippen LogP contribution >= 0.6 is 0 Å².